The molecule has 94 valence electrons. The predicted octanol–water partition coefficient (Wildman–Crippen LogP) is 1.27. The van der Waals surface area contributed by atoms with Crippen LogP contribution in [-0.2, 0) is 16.6 Å². The summed E-state index contributed by atoms with van der Waals surface area (Å²) in [6.07, 6.45) is 0. The molecule has 0 bridgehead atoms. The molecular weight excluding hydrogens is 242 g/mol. The molecule has 0 saturated heterocycles. The van der Waals surface area contributed by atoms with Gasteiger partial charge in [0.15, 0.2) is 11.5 Å². The molecule has 0 radical (unpaired) electrons. The Labute approximate surface area is 101 Å². The van der Waals surface area contributed by atoms with E-state index in [2.05, 4.69) is 11.3 Å². The summed E-state index contributed by atoms with van der Waals surface area (Å²) in [4.78, 5) is 0. The van der Waals surface area contributed by atoms with Gasteiger partial charge in [0.25, 0.3) is 0 Å². The van der Waals surface area contributed by atoms with Gasteiger partial charge >= 0.3 is 0 Å². The van der Waals surface area contributed by atoms with Crippen LogP contribution < -0.4 is 14.2 Å². The second-order valence-electron chi connectivity index (χ2n) is 3.22. The normalized spacial score (nSPS) is 10.9. The van der Waals surface area contributed by atoms with Crippen molar-refractivity contribution in [3.63, 3.8) is 0 Å². The molecule has 1 aromatic carbocycles. The van der Waals surface area contributed by atoms with Crippen molar-refractivity contribution in [1.29, 1.82) is 0 Å². The van der Waals surface area contributed by atoms with Crippen molar-refractivity contribution in [1.82, 2.24) is 4.72 Å². The fourth-order valence-corrected chi connectivity index (χ4v) is 1.72. The summed E-state index contributed by atoms with van der Waals surface area (Å²) in [6, 6.07) is 5.19. The SMILES string of the molecule is C=CS(=O)(=O)NCc1ccc(OC)c(OC)c1. The van der Waals surface area contributed by atoms with Crippen molar-refractivity contribution in [2.75, 3.05) is 14.2 Å². The van der Waals surface area contributed by atoms with Gasteiger partial charge in [-0.2, -0.15) is 0 Å². The molecule has 0 aliphatic carbocycles. The molecule has 0 heterocycles. The molecule has 0 aliphatic heterocycles. The first kappa shape index (κ1) is 13.5. The van der Waals surface area contributed by atoms with Crippen LogP contribution in [-0.4, -0.2) is 22.6 Å². The number of benzene rings is 1. The van der Waals surface area contributed by atoms with Crippen molar-refractivity contribution < 1.29 is 17.9 Å². The molecule has 0 spiro atoms. The van der Waals surface area contributed by atoms with E-state index in [9.17, 15) is 8.42 Å². The Morgan fingerprint density at radius 3 is 2.47 bits per heavy atom. The molecule has 5 nitrogen and oxygen atoms in total. The zero-order valence-electron chi connectivity index (χ0n) is 9.76. The molecule has 0 aromatic heterocycles. The molecule has 0 fully saturated rings. The fourth-order valence-electron chi connectivity index (χ4n) is 1.23. The highest BCUT2D eigenvalue weighted by Gasteiger charge is 2.07. The van der Waals surface area contributed by atoms with Gasteiger partial charge in [0.1, 0.15) is 0 Å². The zero-order valence-corrected chi connectivity index (χ0v) is 10.6. The Hall–Kier alpha value is -1.53. The molecule has 1 rings (SSSR count). The maximum atomic E-state index is 11.2. The summed E-state index contributed by atoms with van der Waals surface area (Å²) in [5, 5.41) is 0.869. The number of sulfonamides is 1. The minimum Gasteiger partial charge on any atom is -0.493 e. The lowest BCUT2D eigenvalue weighted by Gasteiger charge is -2.09. The summed E-state index contributed by atoms with van der Waals surface area (Å²) in [5.74, 6) is 1.16. The average molecular weight is 257 g/mol. The van der Waals surface area contributed by atoms with E-state index in [1.165, 1.54) is 14.2 Å². The van der Waals surface area contributed by atoms with Gasteiger partial charge in [-0.05, 0) is 17.7 Å². The van der Waals surface area contributed by atoms with Crippen LogP contribution in [0.15, 0.2) is 30.2 Å². The van der Waals surface area contributed by atoms with Crippen molar-refractivity contribution in [2.24, 2.45) is 0 Å². The fraction of sp³-hybridized carbons (Fsp3) is 0.273. The summed E-state index contributed by atoms with van der Waals surface area (Å²) in [6.45, 7) is 3.39. The number of hydrogen-bond donors (Lipinski definition) is 1. The number of nitrogens with one attached hydrogen (secondary N) is 1. The third-order valence-electron chi connectivity index (χ3n) is 2.14. The van der Waals surface area contributed by atoms with Crippen molar-refractivity contribution in [3.8, 4) is 11.5 Å². The first-order valence-electron chi connectivity index (χ1n) is 4.85. The average Bonchev–Trinajstić information content (AvgIpc) is 2.36. The van der Waals surface area contributed by atoms with E-state index in [-0.39, 0.29) is 6.54 Å². The maximum Gasteiger partial charge on any atom is 0.233 e. The van der Waals surface area contributed by atoms with Crippen molar-refractivity contribution >= 4 is 10.0 Å². The van der Waals surface area contributed by atoms with Gasteiger partial charge in [0.05, 0.1) is 14.2 Å². The summed E-state index contributed by atoms with van der Waals surface area (Å²) in [5.41, 5.74) is 0.771. The molecule has 1 aromatic rings. The second-order valence-corrected chi connectivity index (χ2v) is 4.93. The van der Waals surface area contributed by atoms with Crippen LogP contribution in [0.3, 0.4) is 0 Å². The van der Waals surface area contributed by atoms with E-state index in [4.69, 9.17) is 9.47 Å². The lowest BCUT2D eigenvalue weighted by Crippen LogP contribution is -2.20. The maximum absolute atomic E-state index is 11.2. The van der Waals surface area contributed by atoms with Gasteiger partial charge < -0.3 is 9.47 Å². The van der Waals surface area contributed by atoms with Gasteiger partial charge in [0, 0.05) is 12.0 Å². The van der Waals surface area contributed by atoms with Crippen molar-refractivity contribution in [3.05, 3.63) is 35.7 Å². The molecule has 0 saturated carbocycles. The highest BCUT2D eigenvalue weighted by atomic mass is 32.2. The highest BCUT2D eigenvalue weighted by Crippen LogP contribution is 2.27. The third kappa shape index (κ3) is 3.76. The highest BCUT2D eigenvalue weighted by molar-refractivity contribution is 7.92. The van der Waals surface area contributed by atoms with Crippen LogP contribution in [0.2, 0.25) is 0 Å². The lowest BCUT2D eigenvalue weighted by molar-refractivity contribution is 0.354. The Morgan fingerprint density at radius 1 is 1.29 bits per heavy atom. The largest absolute Gasteiger partial charge is 0.493 e. The van der Waals surface area contributed by atoms with Gasteiger partial charge in [-0.25, -0.2) is 13.1 Å². The van der Waals surface area contributed by atoms with Gasteiger partial charge in [0.2, 0.25) is 10.0 Å². The van der Waals surface area contributed by atoms with Gasteiger partial charge in [-0.15, -0.1) is 0 Å². The number of hydrogen-bond acceptors (Lipinski definition) is 4. The number of rotatable bonds is 6. The summed E-state index contributed by atoms with van der Waals surface area (Å²) < 4.78 is 34.9. The van der Waals surface area contributed by atoms with E-state index in [1.807, 2.05) is 0 Å². The Kier molecular flexibility index (Phi) is 4.53. The van der Waals surface area contributed by atoms with Crippen LogP contribution in [0, 0.1) is 0 Å². The smallest absolute Gasteiger partial charge is 0.233 e. The first-order valence-corrected chi connectivity index (χ1v) is 6.40. The van der Waals surface area contributed by atoms with Crippen LogP contribution >= 0.6 is 0 Å². The molecule has 0 atom stereocenters. The molecule has 0 aliphatic rings. The minimum absolute atomic E-state index is 0.175. The molecule has 6 heteroatoms. The summed E-state index contributed by atoms with van der Waals surface area (Å²) in [7, 11) is -0.348. The molecule has 0 amide bonds. The van der Waals surface area contributed by atoms with Crippen LogP contribution in [0.1, 0.15) is 5.56 Å². The summed E-state index contributed by atoms with van der Waals surface area (Å²) >= 11 is 0. The van der Waals surface area contributed by atoms with Crippen LogP contribution in [0.5, 0.6) is 11.5 Å². The molecular formula is C11H15NO4S. The van der Waals surface area contributed by atoms with E-state index >= 15 is 0 Å². The van der Waals surface area contributed by atoms with Crippen LogP contribution in [0.25, 0.3) is 0 Å². The topological polar surface area (TPSA) is 64.6 Å². The number of methoxy groups -OCH3 is 2. The standard InChI is InChI=1S/C11H15NO4S/c1-4-17(13,14)12-8-9-5-6-10(15-2)11(7-9)16-3/h4-7,12H,1,8H2,2-3H3. The third-order valence-corrected chi connectivity index (χ3v) is 3.13. The number of ether oxygens (including phenoxy) is 2. The Balaban J connectivity index is 2.83. The molecule has 0 unspecified atom stereocenters. The van der Waals surface area contributed by atoms with Crippen LogP contribution in [0.4, 0.5) is 0 Å². The van der Waals surface area contributed by atoms with Crippen molar-refractivity contribution in [2.45, 2.75) is 6.54 Å². The van der Waals surface area contributed by atoms with Gasteiger partial charge in [-0.1, -0.05) is 12.6 Å². The first-order chi connectivity index (χ1) is 8.02. The van der Waals surface area contributed by atoms with E-state index in [1.54, 1.807) is 18.2 Å². The predicted molar refractivity (Wildman–Crippen MR) is 65.5 cm³/mol. The Bertz CT molecular complexity index is 496. The Morgan fingerprint density at radius 2 is 1.94 bits per heavy atom. The molecule has 1 N–H and O–H groups in total. The molecule has 17 heavy (non-hydrogen) atoms. The van der Waals surface area contributed by atoms with E-state index in [0.717, 1.165) is 11.0 Å². The van der Waals surface area contributed by atoms with Gasteiger partial charge in [-0.3, -0.25) is 0 Å². The van der Waals surface area contributed by atoms with E-state index in [0.29, 0.717) is 11.5 Å². The van der Waals surface area contributed by atoms with E-state index < -0.39 is 10.0 Å². The minimum atomic E-state index is -3.41. The zero-order chi connectivity index (χ0) is 12.9. The monoisotopic (exact) mass is 257 g/mol. The second kappa shape index (κ2) is 5.70. The quantitative estimate of drug-likeness (QED) is 0.833. The lowest BCUT2D eigenvalue weighted by atomic mass is 10.2.